The first-order valence-corrected chi connectivity index (χ1v) is 6.16. The van der Waals surface area contributed by atoms with Crippen LogP contribution < -0.4 is 10.6 Å². The minimum absolute atomic E-state index is 0.00377. The van der Waals surface area contributed by atoms with Crippen LogP contribution in [0.4, 0.5) is 4.39 Å². The first-order chi connectivity index (χ1) is 7.94. The van der Waals surface area contributed by atoms with E-state index < -0.39 is 0 Å². The summed E-state index contributed by atoms with van der Waals surface area (Å²) in [4.78, 5) is 0. The molecule has 1 aromatic carbocycles. The van der Waals surface area contributed by atoms with Gasteiger partial charge in [-0.2, -0.15) is 0 Å². The molecule has 2 N–H and O–H groups in total. The molecule has 0 radical (unpaired) electrons. The van der Waals surface area contributed by atoms with Crippen molar-refractivity contribution in [2.75, 3.05) is 20.1 Å². The van der Waals surface area contributed by atoms with Crippen molar-refractivity contribution in [3.63, 3.8) is 0 Å². The van der Waals surface area contributed by atoms with Gasteiger partial charge in [0, 0.05) is 17.1 Å². The molecule has 0 atom stereocenters. The van der Waals surface area contributed by atoms with Crippen LogP contribution in [0.2, 0.25) is 5.02 Å². The molecule has 0 aromatic heterocycles. The highest BCUT2D eigenvalue weighted by Crippen LogP contribution is 2.15. The van der Waals surface area contributed by atoms with E-state index in [-0.39, 0.29) is 11.4 Å². The molecule has 0 amide bonds. The molecule has 0 spiro atoms. The summed E-state index contributed by atoms with van der Waals surface area (Å²) in [6.45, 7) is 5.81. The molecular formula is C13H20ClFN2. The quantitative estimate of drug-likeness (QED) is 0.820. The maximum absolute atomic E-state index is 13.4. The van der Waals surface area contributed by atoms with Gasteiger partial charge in [0.15, 0.2) is 0 Å². The molecule has 0 bridgehead atoms. The smallest absolute Gasteiger partial charge is 0.126 e. The van der Waals surface area contributed by atoms with Crippen LogP contribution in [-0.4, -0.2) is 25.7 Å². The van der Waals surface area contributed by atoms with Crippen molar-refractivity contribution < 1.29 is 4.39 Å². The van der Waals surface area contributed by atoms with Gasteiger partial charge in [-0.1, -0.05) is 11.6 Å². The first-order valence-electron chi connectivity index (χ1n) is 5.78. The van der Waals surface area contributed by atoms with E-state index in [2.05, 4.69) is 24.5 Å². The number of likely N-dealkylation sites (N-methyl/N-ethyl adjacent to an activating group) is 1. The molecule has 0 fully saturated rings. The highest BCUT2D eigenvalue weighted by molar-refractivity contribution is 6.30. The molecule has 0 heterocycles. The van der Waals surface area contributed by atoms with Crippen LogP contribution in [0.25, 0.3) is 0 Å². The topological polar surface area (TPSA) is 24.1 Å². The van der Waals surface area contributed by atoms with Crippen LogP contribution in [0.1, 0.15) is 19.4 Å². The van der Waals surface area contributed by atoms with Crippen LogP contribution in [0.5, 0.6) is 0 Å². The second-order valence-corrected chi connectivity index (χ2v) is 5.26. The summed E-state index contributed by atoms with van der Waals surface area (Å²) in [5, 5.41) is 7.08. The molecule has 0 saturated heterocycles. The summed E-state index contributed by atoms with van der Waals surface area (Å²) in [7, 11) is 1.92. The maximum atomic E-state index is 13.4. The van der Waals surface area contributed by atoms with Gasteiger partial charge in [-0.15, -0.1) is 0 Å². The van der Waals surface area contributed by atoms with Gasteiger partial charge in [-0.25, -0.2) is 4.39 Å². The zero-order valence-electron chi connectivity index (χ0n) is 10.6. The van der Waals surface area contributed by atoms with Crippen LogP contribution in [0, 0.1) is 5.82 Å². The third-order valence-electron chi connectivity index (χ3n) is 2.62. The Hall–Kier alpha value is -0.640. The second-order valence-electron chi connectivity index (χ2n) is 4.83. The van der Waals surface area contributed by atoms with Gasteiger partial charge in [-0.3, -0.25) is 0 Å². The summed E-state index contributed by atoms with van der Waals surface area (Å²) < 4.78 is 13.4. The Morgan fingerprint density at radius 2 is 2.06 bits per heavy atom. The van der Waals surface area contributed by atoms with Crippen LogP contribution >= 0.6 is 11.6 Å². The van der Waals surface area contributed by atoms with Gasteiger partial charge < -0.3 is 10.6 Å². The number of hydrogen-bond donors (Lipinski definition) is 2. The number of rotatable bonds is 6. The van der Waals surface area contributed by atoms with E-state index >= 15 is 0 Å². The molecular weight excluding hydrogens is 239 g/mol. The van der Waals surface area contributed by atoms with Crippen molar-refractivity contribution in [1.29, 1.82) is 0 Å². The van der Waals surface area contributed by atoms with E-state index in [4.69, 9.17) is 11.6 Å². The van der Waals surface area contributed by atoms with Crippen LogP contribution in [0.3, 0.4) is 0 Å². The van der Waals surface area contributed by atoms with Crippen molar-refractivity contribution in [3.05, 3.63) is 34.6 Å². The summed E-state index contributed by atoms with van der Waals surface area (Å²) >= 11 is 5.84. The lowest BCUT2D eigenvalue weighted by Crippen LogP contribution is -2.47. The van der Waals surface area contributed by atoms with E-state index in [1.54, 1.807) is 12.1 Å². The zero-order chi connectivity index (χ0) is 12.9. The Morgan fingerprint density at radius 3 is 2.71 bits per heavy atom. The lowest BCUT2D eigenvalue weighted by molar-refractivity contribution is 0.377. The number of nitrogens with one attached hydrogen (secondary N) is 2. The van der Waals surface area contributed by atoms with Gasteiger partial charge >= 0.3 is 0 Å². The van der Waals surface area contributed by atoms with Crippen molar-refractivity contribution in [2.24, 2.45) is 0 Å². The fourth-order valence-corrected chi connectivity index (χ4v) is 1.97. The van der Waals surface area contributed by atoms with E-state index in [9.17, 15) is 4.39 Å². The molecule has 2 nitrogen and oxygen atoms in total. The van der Waals surface area contributed by atoms with E-state index in [1.807, 2.05) is 7.05 Å². The Bertz CT molecular complexity index is 366. The van der Waals surface area contributed by atoms with E-state index in [0.29, 0.717) is 17.0 Å². The largest absolute Gasteiger partial charge is 0.318 e. The van der Waals surface area contributed by atoms with Gasteiger partial charge in [0.2, 0.25) is 0 Å². The Labute approximate surface area is 108 Å². The summed E-state index contributed by atoms with van der Waals surface area (Å²) in [5.41, 5.74) is 0.661. The molecule has 4 heteroatoms. The number of hydrogen-bond acceptors (Lipinski definition) is 2. The molecule has 96 valence electrons. The van der Waals surface area contributed by atoms with Crippen LogP contribution in [0.15, 0.2) is 18.2 Å². The predicted octanol–water partition coefficient (Wildman–Crippen LogP) is 2.61. The lowest BCUT2D eigenvalue weighted by atomic mass is 10.0. The monoisotopic (exact) mass is 258 g/mol. The molecule has 0 unspecified atom stereocenters. The van der Waals surface area contributed by atoms with Gasteiger partial charge in [0.1, 0.15) is 5.82 Å². The normalized spacial score (nSPS) is 11.8. The summed E-state index contributed by atoms with van der Waals surface area (Å²) in [5.74, 6) is -0.192. The average molecular weight is 259 g/mol. The van der Waals surface area contributed by atoms with Gasteiger partial charge in [0.25, 0.3) is 0 Å². The molecule has 0 aliphatic carbocycles. The highest BCUT2D eigenvalue weighted by atomic mass is 35.5. The SMILES string of the molecule is CNCC(C)(C)NCCc1cc(Cl)ccc1F. The zero-order valence-corrected chi connectivity index (χ0v) is 11.4. The minimum Gasteiger partial charge on any atom is -0.318 e. The fraction of sp³-hybridized carbons (Fsp3) is 0.538. The highest BCUT2D eigenvalue weighted by Gasteiger charge is 2.15. The molecule has 17 heavy (non-hydrogen) atoms. The second kappa shape index (κ2) is 6.34. The first kappa shape index (κ1) is 14.4. The molecule has 0 aliphatic heterocycles. The lowest BCUT2D eigenvalue weighted by Gasteiger charge is -2.26. The Kier molecular flexibility index (Phi) is 5.37. The predicted molar refractivity (Wildman–Crippen MR) is 71.1 cm³/mol. The van der Waals surface area contributed by atoms with E-state index in [0.717, 1.165) is 13.1 Å². The Morgan fingerprint density at radius 1 is 1.35 bits per heavy atom. The molecule has 1 aromatic rings. The molecule has 0 saturated carbocycles. The molecule has 0 aliphatic rings. The van der Waals surface area contributed by atoms with Crippen molar-refractivity contribution in [3.8, 4) is 0 Å². The van der Waals surface area contributed by atoms with E-state index in [1.165, 1.54) is 6.07 Å². The third-order valence-corrected chi connectivity index (χ3v) is 2.86. The summed E-state index contributed by atoms with van der Waals surface area (Å²) in [6.07, 6.45) is 0.638. The minimum atomic E-state index is -0.192. The average Bonchev–Trinajstić information content (AvgIpc) is 2.23. The van der Waals surface area contributed by atoms with Crippen molar-refractivity contribution >= 4 is 11.6 Å². The third kappa shape index (κ3) is 5.02. The Balaban J connectivity index is 2.48. The molecule has 1 rings (SSSR count). The van der Waals surface area contributed by atoms with Gasteiger partial charge in [0.05, 0.1) is 0 Å². The van der Waals surface area contributed by atoms with Gasteiger partial charge in [-0.05, 0) is 57.6 Å². The van der Waals surface area contributed by atoms with Crippen molar-refractivity contribution in [2.45, 2.75) is 25.8 Å². The standard InChI is InChI=1S/C13H20ClFN2/c1-13(2,9-16-3)17-7-6-10-8-11(14)4-5-12(10)15/h4-5,8,16-17H,6-7,9H2,1-3H3. The van der Waals surface area contributed by atoms with Crippen LogP contribution in [-0.2, 0) is 6.42 Å². The number of halogens is 2. The fourth-order valence-electron chi connectivity index (χ4n) is 1.77. The maximum Gasteiger partial charge on any atom is 0.126 e. The van der Waals surface area contributed by atoms with Crippen molar-refractivity contribution in [1.82, 2.24) is 10.6 Å². The number of benzene rings is 1. The summed E-state index contributed by atoms with van der Waals surface area (Å²) in [6, 6.07) is 4.67.